The van der Waals surface area contributed by atoms with Crippen LogP contribution in [0.25, 0.3) is 0 Å². The van der Waals surface area contributed by atoms with Gasteiger partial charge in [-0.2, -0.15) is 0 Å². The van der Waals surface area contributed by atoms with Gasteiger partial charge in [-0.3, -0.25) is 14.5 Å². The molecule has 0 radical (unpaired) electrons. The maximum Gasteiger partial charge on any atom is 0.263 e. The Morgan fingerprint density at radius 1 is 0.938 bits per heavy atom. The lowest BCUT2D eigenvalue weighted by Crippen LogP contribution is -2.39. The molecule has 6 heteroatoms. The highest BCUT2D eigenvalue weighted by Gasteiger charge is 2.23. The van der Waals surface area contributed by atoms with Crippen LogP contribution >= 0.6 is 0 Å². The maximum atomic E-state index is 14.0. The molecular formula is C26H28FN3O2. The Morgan fingerprint density at radius 2 is 1.78 bits per heavy atom. The second-order valence-corrected chi connectivity index (χ2v) is 8.36. The lowest BCUT2D eigenvalue weighted by Gasteiger charge is -2.22. The highest BCUT2D eigenvalue weighted by Crippen LogP contribution is 2.13. The van der Waals surface area contributed by atoms with Gasteiger partial charge in [-0.05, 0) is 37.1 Å². The first-order chi connectivity index (χ1) is 15.5. The van der Waals surface area contributed by atoms with Gasteiger partial charge >= 0.3 is 0 Å². The number of nitrogens with zero attached hydrogens (tertiary/aromatic N) is 3. The average molecular weight is 434 g/mol. The van der Waals surface area contributed by atoms with Gasteiger partial charge in [-0.25, -0.2) is 4.39 Å². The fourth-order valence-corrected chi connectivity index (χ4v) is 4.20. The van der Waals surface area contributed by atoms with Crippen LogP contribution in [0.2, 0.25) is 0 Å². The van der Waals surface area contributed by atoms with E-state index in [1.165, 1.54) is 6.07 Å². The van der Waals surface area contributed by atoms with Crippen LogP contribution in [0.1, 0.15) is 33.5 Å². The molecule has 1 aromatic heterocycles. The van der Waals surface area contributed by atoms with Crippen molar-refractivity contribution in [2.45, 2.75) is 26.4 Å². The van der Waals surface area contributed by atoms with E-state index in [0.717, 1.165) is 24.1 Å². The molecule has 0 saturated carbocycles. The van der Waals surface area contributed by atoms with E-state index in [2.05, 4.69) is 4.90 Å². The number of hydrogen-bond acceptors (Lipinski definition) is 3. The van der Waals surface area contributed by atoms with E-state index in [4.69, 9.17) is 0 Å². The third kappa shape index (κ3) is 5.14. The average Bonchev–Trinajstić information content (AvgIpc) is 3.02. The van der Waals surface area contributed by atoms with E-state index in [-0.39, 0.29) is 22.8 Å². The van der Waals surface area contributed by atoms with Crippen LogP contribution in [0, 0.1) is 12.7 Å². The smallest absolute Gasteiger partial charge is 0.263 e. The van der Waals surface area contributed by atoms with Crippen LogP contribution in [0.15, 0.2) is 71.7 Å². The third-order valence-electron chi connectivity index (χ3n) is 5.91. The van der Waals surface area contributed by atoms with Crippen LogP contribution < -0.4 is 5.56 Å². The second-order valence-electron chi connectivity index (χ2n) is 8.36. The zero-order valence-electron chi connectivity index (χ0n) is 18.3. The molecule has 0 bridgehead atoms. The minimum Gasteiger partial charge on any atom is -0.337 e. The van der Waals surface area contributed by atoms with Crippen molar-refractivity contribution in [3.05, 3.63) is 105 Å². The summed E-state index contributed by atoms with van der Waals surface area (Å²) in [6.07, 6.45) is 2.50. The highest BCUT2D eigenvalue weighted by molar-refractivity contribution is 5.93. The molecule has 32 heavy (non-hydrogen) atoms. The van der Waals surface area contributed by atoms with Gasteiger partial charge in [0.25, 0.3) is 11.5 Å². The Kier molecular flexibility index (Phi) is 6.81. The van der Waals surface area contributed by atoms with Crippen molar-refractivity contribution in [2.24, 2.45) is 0 Å². The van der Waals surface area contributed by atoms with Gasteiger partial charge in [0.15, 0.2) is 0 Å². The van der Waals surface area contributed by atoms with Gasteiger partial charge < -0.3 is 9.47 Å². The molecule has 0 aliphatic carbocycles. The number of amides is 1. The van der Waals surface area contributed by atoms with Crippen molar-refractivity contribution in [3.8, 4) is 0 Å². The molecule has 1 aliphatic heterocycles. The van der Waals surface area contributed by atoms with E-state index >= 15 is 0 Å². The summed E-state index contributed by atoms with van der Waals surface area (Å²) in [6.45, 7) is 5.48. The number of rotatable bonds is 5. The van der Waals surface area contributed by atoms with E-state index in [1.807, 2.05) is 37.3 Å². The highest BCUT2D eigenvalue weighted by atomic mass is 19.1. The molecule has 0 spiro atoms. The van der Waals surface area contributed by atoms with Gasteiger partial charge in [0, 0.05) is 44.5 Å². The van der Waals surface area contributed by atoms with Gasteiger partial charge in [0.2, 0.25) is 0 Å². The molecular weight excluding hydrogens is 405 g/mol. The molecule has 0 unspecified atom stereocenters. The summed E-state index contributed by atoms with van der Waals surface area (Å²) in [5, 5.41) is 0. The Bertz CT molecular complexity index is 1160. The van der Waals surface area contributed by atoms with Gasteiger partial charge in [0.1, 0.15) is 11.4 Å². The summed E-state index contributed by atoms with van der Waals surface area (Å²) in [5.41, 5.74) is 2.74. The van der Waals surface area contributed by atoms with Gasteiger partial charge in [-0.1, -0.05) is 48.0 Å². The van der Waals surface area contributed by atoms with E-state index in [0.29, 0.717) is 38.3 Å². The topological polar surface area (TPSA) is 45.6 Å². The number of carbonyl (C=O) groups excluding carboxylic acids is 1. The van der Waals surface area contributed by atoms with Crippen molar-refractivity contribution in [2.75, 3.05) is 26.2 Å². The molecule has 0 N–H and O–H groups in total. The SMILES string of the molecule is Cc1cccc(Cn2cccc(C(=O)N3CCCN(Cc4ccccc4F)CC3)c2=O)c1. The zero-order chi connectivity index (χ0) is 22.5. The van der Waals surface area contributed by atoms with E-state index in [1.54, 1.807) is 39.9 Å². The summed E-state index contributed by atoms with van der Waals surface area (Å²) < 4.78 is 15.6. The number of pyridine rings is 1. The molecule has 1 amide bonds. The van der Waals surface area contributed by atoms with Gasteiger partial charge in [0.05, 0.1) is 6.54 Å². The molecule has 2 heterocycles. The van der Waals surface area contributed by atoms with Crippen molar-refractivity contribution in [1.29, 1.82) is 0 Å². The molecule has 5 nitrogen and oxygen atoms in total. The Morgan fingerprint density at radius 3 is 2.59 bits per heavy atom. The van der Waals surface area contributed by atoms with Gasteiger partial charge in [-0.15, -0.1) is 0 Å². The number of carbonyl (C=O) groups is 1. The first kappa shape index (κ1) is 22.0. The summed E-state index contributed by atoms with van der Waals surface area (Å²) in [5.74, 6) is -0.440. The number of hydrogen-bond donors (Lipinski definition) is 0. The Balaban J connectivity index is 1.45. The largest absolute Gasteiger partial charge is 0.337 e. The minimum absolute atomic E-state index is 0.197. The second kappa shape index (κ2) is 9.92. The number of aryl methyl sites for hydroxylation is 1. The quantitative estimate of drug-likeness (QED) is 0.617. The van der Waals surface area contributed by atoms with Crippen molar-refractivity contribution in [3.63, 3.8) is 0 Å². The lowest BCUT2D eigenvalue weighted by atomic mass is 10.1. The molecule has 3 aromatic rings. The number of halogens is 1. The normalized spacial score (nSPS) is 14.9. The van der Waals surface area contributed by atoms with E-state index in [9.17, 15) is 14.0 Å². The molecule has 1 aliphatic rings. The lowest BCUT2D eigenvalue weighted by molar-refractivity contribution is 0.0758. The summed E-state index contributed by atoms with van der Waals surface area (Å²) in [7, 11) is 0. The minimum atomic E-state index is -0.272. The standard InChI is InChI=1S/C26H28FN3O2/c1-20-7-4-8-21(17-20)18-30-13-5-10-23(26(30)32)25(31)29-14-6-12-28(15-16-29)19-22-9-2-3-11-24(22)27/h2-5,7-11,13,17H,6,12,14-16,18-19H2,1H3. The predicted molar refractivity (Wildman–Crippen MR) is 123 cm³/mol. The fraction of sp³-hybridized carbons (Fsp3) is 0.308. The summed E-state index contributed by atoms with van der Waals surface area (Å²) in [6, 6.07) is 18.2. The first-order valence-electron chi connectivity index (χ1n) is 11.0. The molecule has 2 aromatic carbocycles. The molecule has 0 atom stereocenters. The molecule has 4 rings (SSSR count). The van der Waals surface area contributed by atoms with Crippen LogP contribution in [0.5, 0.6) is 0 Å². The molecule has 166 valence electrons. The number of aromatic nitrogens is 1. The Labute approximate surface area is 187 Å². The first-order valence-corrected chi connectivity index (χ1v) is 11.0. The monoisotopic (exact) mass is 433 g/mol. The zero-order valence-corrected chi connectivity index (χ0v) is 18.3. The van der Waals surface area contributed by atoms with Crippen molar-refractivity contribution < 1.29 is 9.18 Å². The van der Waals surface area contributed by atoms with Crippen molar-refractivity contribution >= 4 is 5.91 Å². The van der Waals surface area contributed by atoms with Crippen LogP contribution in [-0.4, -0.2) is 46.5 Å². The number of benzene rings is 2. The van der Waals surface area contributed by atoms with E-state index < -0.39 is 0 Å². The van der Waals surface area contributed by atoms with Crippen molar-refractivity contribution in [1.82, 2.24) is 14.4 Å². The van der Waals surface area contributed by atoms with Crippen LogP contribution in [0.4, 0.5) is 4.39 Å². The maximum absolute atomic E-state index is 14.0. The summed E-state index contributed by atoms with van der Waals surface area (Å²) in [4.78, 5) is 30.1. The fourth-order valence-electron chi connectivity index (χ4n) is 4.20. The van der Waals surface area contributed by atoms with Crippen LogP contribution in [-0.2, 0) is 13.1 Å². The molecule has 1 saturated heterocycles. The predicted octanol–water partition coefficient (Wildman–Crippen LogP) is 3.69. The molecule has 1 fully saturated rings. The van der Waals surface area contributed by atoms with Crippen LogP contribution in [0.3, 0.4) is 0 Å². The third-order valence-corrected chi connectivity index (χ3v) is 5.91. The Hall–Kier alpha value is -3.25. The summed E-state index contributed by atoms with van der Waals surface area (Å²) >= 11 is 0.